The molecule has 10 heteroatoms. The molecule has 46 heavy (non-hydrogen) atoms. The van der Waals surface area contributed by atoms with Crippen molar-refractivity contribution in [3.8, 4) is 0 Å². The van der Waals surface area contributed by atoms with Gasteiger partial charge >= 0.3 is 19.8 Å². The van der Waals surface area contributed by atoms with Gasteiger partial charge in [-0.3, -0.25) is 18.6 Å². The smallest absolute Gasteiger partial charge is 0.462 e. The summed E-state index contributed by atoms with van der Waals surface area (Å²) >= 11 is 0. The number of likely N-dealkylation sites (N-methyl/N-ethyl adjacent to an activating group) is 1. The highest BCUT2D eigenvalue weighted by atomic mass is 31.2. The number of carbonyl (C=O) groups excluding carboxylic acids is 2. The second-order valence-corrected chi connectivity index (χ2v) is 14.7. The normalized spacial score (nSPS) is 14.1. The summed E-state index contributed by atoms with van der Waals surface area (Å²) in [6, 6.07) is 0. The van der Waals surface area contributed by atoms with Crippen LogP contribution in [-0.2, 0) is 32.7 Å². The highest BCUT2D eigenvalue weighted by molar-refractivity contribution is 7.47. The molecule has 0 fully saturated rings. The minimum Gasteiger partial charge on any atom is -0.462 e. The van der Waals surface area contributed by atoms with Gasteiger partial charge in [0, 0.05) is 12.8 Å². The molecule has 0 rings (SSSR count). The lowest BCUT2D eigenvalue weighted by atomic mass is 10.1. The van der Waals surface area contributed by atoms with Crippen molar-refractivity contribution in [2.75, 3.05) is 47.5 Å². The maximum Gasteiger partial charge on any atom is 0.472 e. The summed E-state index contributed by atoms with van der Waals surface area (Å²) in [5.74, 6) is -0.845. The van der Waals surface area contributed by atoms with Gasteiger partial charge in [-0.15, -0.1) is 0 Å². The van der Waals surface area contributed by atoms with Crippen LogP contribution in [0.3, 0.4) is 0 Å². The number of carbonyl (C=O) groups is 2. The van der Waals surface area contributed by atoms with E-state index in [9.17, 15) is 19.0 Å². The first-order chi connectivity index (χ1) is 22.0. The van der Waals surface area contributed by atoms with Gasteiger partial charge < -0.3 is 18.9 Å². The third-order valence-corrected chi connectivity index (χ3v) is 8.47. The van der Waals surface area contributed by atoms with Crippen molar-refractivity contribution in [3.63, 3.8) is 0 Å². The van der Waals surface area contributed by atoms with Crippen molar-refractivity contribution in [1.82, 2.24) is 0 Å². The maximum atomic E-state index is 12.5. The average molecular weight is 675 g/mol. The Morgan fingerprint density at radius 1 is 0.674 bits per heavy atom. The van der Waals surface area contributed by atoms with Crippen LogP contribution in [0.2, 0.25) is 0 Å². The maximum absolute atomic E-state index is 12.5. The standard InChI is InChI=1S/C36H68NO8P/c1-6-8-10-12-14-15-16-17-18-19-20-21-23-24-26-28-35(38)42-32-34(33-44-46(40,41)43-31-30-37(3,4)5)45-36(39)29-27-25-22-13-11-9-7-2/h17-18,20-21,34H,6-16,19,22-33H2,1-5H3/p+1/b18-17+,21-20+/t34-/m0/s1. The van der Waals surface area contributed by atoms with Gasteiger partial charge in [0.25, 0.3) is 0 Å². The number of rotatable bonds is 32. The molecule has 0 spiro atoms. The molecule has 0 saturated carbocycles. The van der Waals surface area contributed by atoms with E-state index >= 15 is 0 Å². The van der Waals surface area contributed by atoms with Gasteiger partial charge in [-0.2, -0.15) is 0 Å². The van der Waals surface area contributed by atoms with Crippen LogP contribution in [-0.4, -0.2) is 74.9 Å². The summed E-state index contributed by atoms with van der Waals surface area (Å²) < 4.78 is 33.9. The van der Waals surface area contributed by atoms with Crippen LogP contribution in [0.5, 0.6) is 0 Å². The third-order valence-electron chi connectivity index (χ3n) is 7.48. The van der Waals surface area contributed by atoms with Crippen molar-refractivity contribution in [3.05, 3.63) is 24.3 Å². The van der Waals surface area contributed by atoms with E-state index in [4.69, 9.17) is 18.5 Å². The number of unbranched alkanes of at least 4 members (excludes halogenated alkanes) is 14. The minimum absolute atomic E-state index is 0.0279. The zero-order valence-electron chi connectivity index (χ0n) is 30.1. The molecule has 9 nitrogen and oxygen atoms in total. The van der Waals surface area contributed by atoms with Gasteiger partial charge in [-0.1, -0.05) is 109 Å². The predicted molar refractivity (Wildman–Crippen MR) is 187 cm³/mol. The number of allylic oxidation sites excluding steroid dienone is 4. The Morgan fingerprint density at radius 3 is 1.76 bits per heavy atom. The average Bonchev–Trinajstić information content (AvgIpc) is 2.99. The van der Waals surface area contributed by atoms with Gasteiger partial charge in [0.05, 0.1) is 27.7 Å². The van der Waals surface area contributed by atoms with Crippen LogP contribution in [0.4, 0.5) is 0 Å². The lowest BCUT2D eigenvalue weighted by molar-refractivity contribution is -0.870. The van der Waals surface area contributed by atoms with E-state index in [1.165, 1.54) is 57.8 Å². The van der Waals surface area contributed by atoms with E-state index in [0.717, 1.165) is 44.9 Å². The molecule has 0 aromatic carbocycles. The fraction of sp³-hybridized carbons (Fsp3) is 0.833. The second kappa shape index (κ2) is 29.6. The largest absolute Gasteiger partial charge is 0.472 e. The van der Waals surface area contributed by atoms with E-state index in [0.29, 0.717) is 23.9 Å². The number of hydrogen-bond donors (Lipinski definition) is 1. The molecule has 0 aliphatic rings. The number of phosphoric ester groups is 1. The second-order valence-electron chi connectivity index (χ2n) is 13.3. The van der Waals surface area contributed by atoms with Crippen LogP contribution in [0.1, 0.15) is 142 Å². The van der Waals surface area contributed by atoms with Gasteiger partial charge in [0.15, 0.2) is 6.10 Å². The van der Waals surface area contributed by atoms with Crippen LogP contribution in [0.15, 0.2) is 24.3 Å². The van der Waals surface area contributed by atoms with Crippen LogP contribution in [0.25, 0.3) is 0 Å². The molecule has 1 N–H and O–H groups in total. The summed E-state index contributed by atoms with van der Waals surface area (Å²) in [7, 11) is 1.46. The fourth-order valence-electron chi connectivity index (χ4n) is 4.57. The number of nitrogens with zero attached hydrogens (tertiary/aromatic N) is 1. The fourth-order valence-corrected chi connectivity index (χ4v) is 5.31. The Kier molecular flexibility index (Phi) is 28.6. The summed E-state index contributed by atoms with van der Waals surface area (Å²) in [5.41, 5.74) is 0. The Morgan fingerprint density at radius 2 is 1.17 bits per heavy atom. The first-order valence-electron chi connectivity index (χ1n) is 18.1. The first-order valence-corrected chi connectivity index (χ1v) is 19.6. The van der Waals surface area contributed by atoms with Crippen molar-refractivity contribution in [2.45, 2.75) is 148 Å². The minimum atomic E-state index is -4.36. The number of phosphoric acid groups is 1. The molecular weight excluding hydrogens is 605 g/mol. The number of ether oxygens (including phenoxy) is 2. The summed E-state index contributed by atoms with van der Waals surface area (Å²) in [6.45, 7) is 4.30. The van der Waals surface area contributed by atoms with Crippen molar-refractivity contribution >= 4 is 19.8 Å². The monoisotopic (exact) mass is 674 g/mol. The zero-order valence-corrected chi connectivity index (χ0v) is 31.0. The number of hydrogen-bond acceptors (Lipinski definition) is 7. The third kappa shape index (κ3) is 32.4. The number of esters is 2. The predicted octanol–water partition coefficient (Wildman–Crippen LogP) is 9.24. The van der Waals surface area contributed by atoms with E-state index in [-0.39, 0.29) is 26.1 Å². The molecule has 0 aliphatic carbocycles. The molecule has 0 aliphatic heterocycles. The zero-order chi connectivity index (χ0) is 34.4. The highest BCUT2D eigenvalue weighted by Crippen LogP contribution is 2.43. The molecule has 0 heterocycles. The highest BCUT2D eigenvalue weighted by Gasteiger charge is 2.27. The van der Waals surface area contributed by atoms with Crippen LogP contribution < -0.4 is 0 Å². The summed E-state index contributed by atoms with van der Waals surface area (Å²) in [4.78, 5) is 34.9. The molecule has 0 aromatic heterocycles. The molecule has 270 valence electrons. The van der Waals surface area contributed by atoms with Crippen LogP contribution in [0, 0.1) is 0 Å². The van der Waals surface area contributed by atoms with Crippen LogP contribution >= 0.6 is 7.82 Å². The Labute approximate surface area is 281 Å². The first kappa shape index (κ1) is 44.5. The van der Waals surface area contributed by atoms with E-state index in [1.54, 1.807) is 0 Å². The van der Waals surface area contributed by atoms with E-state index in [2.05, 4.69) is 38.2 Å². The lowest BCUT2D eigenvalue weighted by Gasteiger charge is -2.24. The van der Waals surface area contributed by atoms with Crippen molar-refractivity contribution < 1.29 is 42.1 Å². The lowest BCUT2D eigenvalue weighted by Crippen LogP contribution is -2.37. The van der Waals surface area contributed by atoms with Crippen molar-refractivity contribution in [2.24, 2.45) is 0 Å². The van der Waals surface area contributed by atoms with Crippen molar-refractivity contribution in [1.29, 1.82) is 0 Å². The number of quaternary nitrogens is 1. The molecule has 0 amide bonds. The summed E-state index contributed by atoms with van der Waals surface area (Å²) in [5, 5.41) is 0. The molecule has 2 atom stereocenters. The quantitative estimate of drug-likeness (QED) is 0.0247. The van der Waals surface area contributed by atoms with Gasteiger partial charge in [0.2, 0.25) is 0 Å². The molecule has 1 unspecified atom stereocenters. The summed E-state index contributed by atoms with van der Waals surface area (Å²) in [6.07, 6.45) is 28.2. The van der Waals surface area contributed by atoms with E-state index < -0.39 is 32.5 Å². The molecule has 0 saturated heterocycles. The Hall–Kier alpha value is -1.51. The SMILES string of the molecule is CCCCCCCC/C=C/C/C=C/CCCCC(=O)OC[C@@H](COP(=O)(O)OCC[N+](C)(C)C)OC(=O)CCCCCCCCC. The van der Waals surface area contributed by atoms with Gasteiger partial charge in [0.1, 0.15) is 19.8 Å². The van der Waals surface area contributed by atoms with E-state index in [1.807, 2.05) is 21.1 Å². The molecule has 0 aromatic rings. The Bertz CT molecular complexity index is 855. The molecular formula is C36H69NO8P+. The van der Waals surface area contributed by atoms with Gasteiger partial charge in [-0.25, -0.2) is 4.57 Å². The topological polar surface area (TPSA) is 108 Å². The van der Waals surface area contributed by atoms with Gasteiger partial charge in [-0.05, 0) is 44.9 Å². The Balaban J connectivity index is 4.45. The molecule has 0 radical (unpaired) electrons. The molecule has 0 bridgehead atoms.